The zero-order valence-electron chi connectivity index (χ0n) is 10.9. The van der Waals surface area contributed by atoms with Crippen LogP contribution in [0.25, 0.3) is 0 Å². The summed E-state index contributed by atoms with van der Waals surface area (Å²) in [6, 6.07) is 5.82. The Kier molecular flexibility index (Phi) is 3.62. The minimum atomic E-state index is 0.430. The highest BCUT2D eigenvalue weighted by molar-refractivity contribution is 5.25. The lowest BCUT2D eigenvalue weighted by Gasteiger charge is -2.33. The standard InChI is InChI=1S/C15H23N3/c16-12-6-8-13(9-7-12)18-14-5-1-3-11-4-2-10-17-15(11)14/h2,4,10,12-14,18H,1,3,5-9,16H2. The van der Waals surface area contributed by atoms with E-state index in [1.807, 2.05) is 6.20 Å². The van der Waals surface area contributed by atoms with Crippen LogP contribution in [-0.2, 0) is 6.42 Å². The number of pyridine rings is 1. The zero-order chi connectivity index (χ0) is 12.4. The molecule has 3 N–H and O–H groups in total. The number of nitrogens with two attached hydrogens (primary N) is 1. The van der Waals surface area contributed by atoms with Crippen LogP contribution in [0.3, 0.4) is 0 Å². The van der Waals surface area contributed by atoms with Gasteiger partial charge in [-0.25, -0.2) is 0 Å². The predicted octanol–water partition coefficient (Wildman–Crippen LogP) is 2.32. The molecule has 0 spiro atoms. The molecule has 1 aromatic heterocycles. The Hall–Kier alpha value is -0.930. The SMILES string of the molecule is NC1CCC(NC2CCCc3cccnc32)CC1. The molecule has 0 amide bonds. The summed E-state index contributed by atoms with van der Waals surface area (Å²) in [4.78, 5) is 4.59. The zero-order valence-corrected chi connectivity index (χ0v) is 10.9. The van der Waals surface area contributed by atoms with Crippen LogP contribution in [0.4, 0.5) is 0 Å². The maximum Gasteiger partial charge on any atom is 0.0605 e. The van der Waals surface area contributed by atoms with E-state index >= 15 is 0 Å². The molecule has 2 aliphatic rings. The van der Waals surface area contributed by atoms with E-state index < -0.39 is 0 Å². The molecule has 0 radical (unpaired) electrons. The van der Waals surface area contributed by atoms with Gasteiger partial charge in [0.2, 0.25) is 0 Å². The van der Waals surface area contributed by atoms with Gasteiger partial charge in [-0.2, -0.15) is 0 Å². The first-order valence-corrected chi connectivity index (χ1v) is 7.28. The smallest absolute Gasteiger partial charge is 0.0605 e. The summed E-state index contributed by atoms with van der Waals surface area (Å²) in [5.41, 5.74) is 8.70. The van der Waals surface area contributed by atoms with E-state index in [-0.39, 0.29) is 0 Å². The number of nitrogens with one attached hydrogen (secondary N) is 1. The number of aryl methyl sites for hydroxylation is 1. The lowest BCUT2D eigenvalue weighted by molar-refractivity contribution is 0.299. The van der Waals surface area contributed by atoms with Gasteiger partial charge in [0.1, 0.15) is 0 Å². The summed E-state index contributed by atoms with van der Waals surface area (Å²) in [5.74, 6) is 0. The van der Waals surface area contributed by atoms with Crippen molar-refractivity contribution in [3.05, 3.63) is 29.6 Å². The lowest BCUT2D eigenvalue weighted by atomic mass is 9.88. The minimum Gasteiger partial charge on any atom is -0.328 e. The van der Waals surface area contributed by atoms with E-state index in [1.165, 1.54) is 56.2 Å². The number of nitrogens with zero attached hydrogens (tertiary/aromatic N) is 1. The molecule has 1 unspecified atom stereocenters. The first-order chi connectivity index (χ1) is 8.83. The molecule has 2 aliphatic carbocycles. The van der Waals surface area contributed by atoms with Gasteiger partial charge in [-0.3, -0.25) is 4.98 Å². The molecular formula is C15H23N3. The number of hydrogen-bond donors (Lipinski definition) is 2. The van der Waals surface area contributed by atoms with E-state index in [0.717, 1.165) is 0 Å². The highest BCUT2D eigenvalue weighted by Gasteiger charge is 2.25. The molecule has 18 heavy (non-hydrogen) atoms. The van der Waals surface area contributed by atoms with Crippen LogP contribution in [0.2, 0.25) is 0 Å². The van der Waals surface area contributed by atoms with Crippen molar-refractivity contribution in [1.29, 1.82) is 0 Å². The summed E-state index contributed by atoms with van der Waals surface area (Å²) < 4.78 is 0. The van der Waals surface area contributed by atoms with E-state index in [2.05, 4.69) is 22.4 Å². The Morgan fingerprint density at radius 1 is 1.17 bits per heavy atom. The second-order valence-corrected chi connectivity index (χ2v) is 5.77. The molecule has 0 saturated heterocycles. The third kappa shape index (κ3) is 2.57. The van der Waals surface area contributed by atoms with Gasteiger partial charge < -0.3 is 11.1 Å². The average molecular weight is 245 g/mol. The summed E-state index contributed by atoms with van der Waals surface area (Å²) in [6.07, 6.45) is 10.4. The van der Waals surface area contributed by atoms with Crippen molar-refractivity contribution < 1.29 is 0 Å². The molecule has 98 valence electrons. The molecule has 3 nitrogen and oxygen atoms in total. The first-order valence-electron chi connectivity index (χ1n) is 7.28. The highest BCUT2D eigenvalue weighted by Crippen LogP contribution is 2.29. The fourth-order valence-corrected chi connectivity index (χ4v) is 3.34. The van der Waals surface area contributed by atoms with E-state index in [1.54, 1.807) is 0 Å². The minimum absolute atomic E-state index is 0.430. The molecule has 0 aliphatic heterocycles. The number of fused-ring (bicyclic) bond motifs is 1. The van der Waals surface area contributed by atoms with Gasteiger partial charge in [-0.05, 0) is 56.6 Å². The molecule has 1 atom stereocenters. The largest absolute Gasteiger partial charge is 0.328 e. The van der Waals surface area contributed by atoms with Gasteiger partial charge in [0.15, 0.2) is 0 Å². The van der Waals surface area contributed by atoms with Crippen LogP contribution in [0.15, 0.2) is 18.3 Å². The Labute approximate surface area is 109 Å². The molecule has 3 rings (SSSR count). The van der Waals surface area contributed by atoms with E-state index in [0.29, 0.717) is 18.1 Å². The third-order valence-electron chi connectivity index (χ3n) is 4.40. The molecule has 0 bridgehead atoms. The molecular weight excluding hydrogens is 222 g/mol. The van der Waals surface area contributed by atoms with Crippen molar-refractivity contribution in [3.63, 3.8) is 0 Å². The van der Waals surface area contributed by atoms with E-state index in [9.17, 15) is 0 Å². The molecule has 0 aromatic carbocycles. The second kappa shape index (κ2) is 5.37. The van der Waals surface area contributed by atoms with Crippen molar-refractivity contribution in [1.82, 2.24) is 10.3 Å². The second-order valence-electron chi connectivity index (χ2n) is 5.77. The van der Waals surface area contributed by atoms with Gasteiger partial charge in [0.25, 0.3) is 0 Å². The Bertz CT molecular complexity index is 396. The molecule has 1 aromatic rings. The molecule has 3 heteroatoms. The Morgan fingerprint density at radius 3 is 2.83 bits per heavy atom. The van der Waals surface area contributed by atoms with Gasteiger partial charge in [-0.1, -0.05) is 6.07 Å². The number of hydrogen-bond acceptors (Lipinski definition) is 3. The van der Waals surface area contributed by atoms with Crippen LogP contribution in [0.1, 0.15) is 55.8 Å². The van der Waals surface area contributed by atoms with Gasteiger partial charge in [0.05, 0.1) is 5.69 Å². The molecule has 1 saturated carbocycles. The van der Waals surface area contributed by atoms with Gasteiger partial charge in [-0.15, -0.1) is 0 Å². The maximum absolute atomic E-state index is 5.97. The van der Waals surface area contributed by atoms with Crippen LogP contribution in [0.5, 0.6) is 0 Å². The molecule has 1 fully saturated rings. The summed E-state index contributed by atoms with van der Waals surface area (Å²) >= 11 is 0. The maximum atomic E-state index is 5.97. The Morgan fingerprint density at radius 2 is 2.00 bits per heavy atom. The lowest BCUT2D eigenvalue weighted by Crippen LogP contribution is -2.40. The van der Waals surface area contributed by atoms with Gasteiger partial charge >= 0.3 is 0 Å². The fourth-order valence-electron chi connectivity index (χ4n) is 3.34. The summed E-state index contributed by atoms with van der Waals surface area (Å²) in [7, 11) is 0. The first kappa shape index (κ1) is 12.1. The van der Waals surface area contributed by atoms with Crippen molar-refractivity contribution in [2.45, 2.75) is 63.1 Å². The number of rotatable bonds is 2. The summed E-state index contributed by atoms with van der Waals surface area (Å²) in [5, 5.41) is 3.82. The van der Waals surface area contributed by atoms with Crippen LogP contribution in [0, 0.1) is 0 Å². The average Bonchev–Trinajstić information content (AvgIpc) is 2.42. The van der Waals surface area contributed by atoms with Crippen molar-refractivity contribution in [2.24, 2.45) is 5.73 Å². The highest BCUT2D eigenvalue weighted by atomic mass is 15.0. The van der Waals surface area contributed by atoms with Crippen molar-refractivity contribution in [3.8, 4) is 0 Å². The van der Waals surface area contributed by atoms with Gasteiger partial charge in [0, 0.05) is 24.3 Å². The Balaban J connectivity index is 1.67. The van der Waals surface area contributed by atoms with Crippen LogP contribution in [-0.4, -0.2) is 17.1 Å². The number of aromatic nitrogens is 1. The van der Waals surface area contributed by atoms with E-state index in [4.69, 9.17) is 5.73 Å². The third-order valence-corrected chi connectivity index (χ3v) is 4.40. The fraction of sp³-hybridized carbons (Fsp3) is 0.667. The molecule has 1 heterocycles. The van der Waals surface area contributed by atoms with Crippen molar-refractivity contribution in [2.75, 3.05) is 0 Å². The van der Waals surface area contributed by atoms with Crippen LogP contribution < -0.4 is 11.1 Å². The summed E-state index contributed by atoms with van der Waals surface area (Å²) in [6.45, 7) is 0. The van der Waals surface area contributed by atoms with Crippen LogP contribution >= 0.6 is 0 Å². The van der Waals surface area contributed by atoms with Crippen molar-refractivity contribution >= 4 is 0 Å². The monoisotopic (exact) mass is 245 g/mol. The predicted molar refractivity (Wildman–Crippen MR) is 73.3 cm³/mol. The quantitative estimate of drug-likeness (QED) is 0.840. The topological polar surface area (TPSA) is 50.9 Å². The normalized spacial score (nSPS) is 31.9.